The minimum Gasteiger partial charge on any atom is -0.396 e. The molecule has 110 valence electrons. The average molecular weight is 298 g/mol. The molecule has 0 heterocycles. The first-order valence-corrected chi connectivity index (χ1v) is 5.85. The molecule has 3 N–H and O–H groups in total. The normalized spacial score (nSPS) is 10.5. The van der Waals surface area contributed by atoms with Gasteiger partial charge in [0.25, 0.3) is 5.91 Å². The third-order valence-corrected chi connectivity index (χ3v) is 2.75. The number of nitrogen functional groups attached to an aromatic ring is 1. The predicted molar refractivity (Wildman–Crippen MR) is 68.3 cm³/mol. The summed E-state index contributed by atoms with van der Waals surface area (Å²) in [6.07, 6.45) is 0. The Morgan fingerprint density at radius 1 is 1.05 bits per heavy atom. The molecule has 0 aromatic heterocycles. The maximum Gasteiger partial charge on any atom is 0.254 e. The lowest BCUT2D eigenvalue weighted by Crippen LogP contribution is -2.24. The Morgan fingerprint density at radius 2 is 1.76 bits per heavy atom. The highest BCUT2D eigenvalue weighted by Crippen LogP contribution is 2.17. The largest absolute Gasteiger partial charge is 0.396 e. The third kappa shape index (κ3) is 3.31. The van der Waals surface area contributed by atoms with E-state index in [-0.39, 0.29) is 12.1 Å². The Morgan fingerprint density at radius 3 is 2.43 bits per heavy atom. The SMILES string of the molecule is Nc1cc(F)cc(C(=O)NCc2ccc(F)c(F)c2)c1F. The highest BCUT2D eigenvalue weighted by atomic mass is 19.2. The van der Waals surface area contributed by atoms with Crippen LogP contribution in [0.2, 0.25) is 0 Å². The van der Waals surface area contributed by atoms with Gasteiger partial charge in [-0.3, -0.25) is 4.79 Å². The first-order valence-electron chi connectivity index (χ1n) is 5.85. The molecule has 0 saturated heterocycles. The Hall–Kier alpha value is -2.57. The van der Waals surface area contributed by atoms with Crippen LogP contribution >= 0.6 is 0 Å². The molecule has 0 atom stereocenters. The lowest BCUT2D eigenvalue weighted by Gasteiger charge is -2.08. The van der Waals surface area contributed by atoms with Crippen molar-refractivity contribution in [3.05, 3.63) is 64.7 Å². The van der Waals surface area contributed by atoms with Crippen LogP contribution in [0.4, 0.5) is 23.2 Å². The summed E-state index contributed by atoms with van der Waals surface area (Å²) in [6, 6.07) is 4.51. The van der Waals surface area contributed by atoms with Gasteiger partial charge >= 0.3 is 0 Å². The molecular weight excluding hydrogens is 288 g/mol. The van der Waals surface area contributed by atoms with E-state index >= 15 is 0 Å². The third-order valence-electron chi connectivity index (χ3n) is 2.75. The average Bonchev–Trinajstić information content (AvgIpc) is 2.43. The number of amides is 1. The summed E-state index contributed by atoms with van der Waals surface area (Å²) in [5, 5.41) is 2.27. The quantitative estimate of drug-likeness (QED) is 0.676. The minimum atomic E-state index is -1.07. The van der Waals surface area contributed by atoms with Crippen molar-refractivity contribution in [2.75, 3.05) is 5.73 Å². The number of carbonyl (C=O) groups is 1. The summed E-state index contributed by atoms with van der Waals surface area (Å²) in [6.45, 7) is -0.175. The number of hydrogen-bond acceptors (Lipinski definition) is 2. The molecule has 0 bridgehead atoms. The Bertz CT molecular complexity index is 704. The van der Waals surface area contributed by atoms with E-state index in [9.17, 15) is 22.4 Å². The molecular formula is C14H10F4N2O. The Balaban J connectivity index is 2.13. The van der Waals surface area contributed by atoms with Gasteiger partial charge in [0.15, 0.2) is 17.5 Å². The zero-order chi connectivity index (χ0) is 15.6. The van der Waals surface area contributed by atoms with Gasteiger partial charge in [0.2, 0.25) is 0 Å². The van der Waals surface area contributed by atoms with Crippen molar-refractivity contribution >= 4 is 11.6 Å². The van der Waals surface area contributed by atoms with Gasteiger partial charge in [0.1, 0.15) is 5.82 Å². The molecule has 0 spiro atoms. The van der Waals surface area contributed by atoms with Crippen molar-refractivity contribution in [3.63, 3.8) is 0 Å². The fourth-order valence-corrected chi connectivity index (χ4v) is 1.70. The van der Waals surface area contributed by atoms with Crippen LogP contribution in [0.25, 0.3) is 0 Å². The molecule has 0 fully saturated rings. The van der Waals surface area contributed by atoms with Crippen molar-refractivity contribution in [2.24, 2.45) is 0 Å². The fraction of sp³-hybridized carbons (Fsp3) is 0.0714. The molecule has 2 aromatic carbocycles. The maximum atomic E-state index is 13.6. The molecule has 0 saturated carbocycles. The molecule has 7 heteroatoms. The van der Waals surface area contributed by atoms with E-state index in [0.29, 0.717) is 6.07 Å². The summed E-state index contributed by atoms with van der Waals surface area (Å²) in [7, 11) is 0. The lowest BCUT2D eigenvalue weighted by atomic mass is 10.1. The molecule has 3 nitrogen and oxygen atoms in total. The summed E-state index contributed by atoms with van der Waals surface area (Å²) in [5.41, 5.74) is 4.43. The summed E-state index contributed by atoms with van der Waals surface area (Å²) in [4.78, 5) is 11.8. The highest BCUT2D eigenvalue weighted by molar-refractivity contribution is 5.95. The number of nitrogens with one attached hydrogen (secondary N) is 1. The molecule has 0 radical (unpaired) electrons. The molecule has 1 amide bonds. The van der Waals surface area contributed by atoms with Crippen molar-refractivity contribution in [2.45, 2.75) is 6.54 Å². The van der Waals surface area contributed by atoms with E-state index in [1.807, 2.05) is 0 Å². The fourth-order valence-electron chi connectivity index (χ4n) is 1.70. The van der Waals surface area contributed by atoms with Crippen molar-refractivity contribution in [3.8, 4) is 0 Å². The standard InChI is InChI=1S/C14H10F4N2O/c15-8-4-9(13(18)12(19)5-8)14(21)20-6-7-1-2-10(16)11(17)3-7/h1-5H,6,19H2,(H,20,21). The second kappa shape index (κ2) is 5.82. The van der Waals surface area contributed by atoms with E-state index in [1.54, 1.807) is 0 Å². The van der Waals surface area contributed by atoms with Gasteiger partial charge in [-0.25, -0.2) is 17.6 Å². The van der Waals surface area contributed by atoms with Crippen LogP contribution in [-0.4, -0.2) is 5.91 Å². The topological polar surface area (TPSA) is 55.1 Å². The van der Waals surface area contributed by atoms with Gasteiger partial charge in [-0.15, -0.1) is 0 Å². The summed E-state index contributed by atoms with van der Waals surface area (Å²) < 4.78 is 52.4. The van der Waals surface area contributed by atoms with Gasteiger partial charge in [-0.2, -0.15) is 0 Å². The van der Waals surface area contributed by atoms with Crippen molar-refractivity contribution in [1.29, 1.82) is 0 Å². The van der Waals surface area contributed by atoms with Crippen LogP contribution in [0.5, 0.6) is 0 Å². The molecule has 2 rings (SSSR count). The van der Waals surface area contributed by atoms with Gasteiger partial charge < -0.3 is 11.1 Å². The zero-order valence-electron chi connectivity index (χ0n) is 10.6. The second-order valence-electron chi connectivity index (χ2n) is 4.29. The summed E-state index contributed by atoms with van der Waals surface area (Å²) >= 11 is 0. The lowest BCUT2D eigenvalue weighted by molar-refractivity contribution is 0.0946. The first-order chi connectivity index (χ1) is 9.88. The van der Waals surface area contributed by atoms with Gasteiger partial charge in [0, 0.05) is 6.54 Å². The van der Waals surface area contributed by atoms with Crippen molar-refractivity contribution in [1.82, 2.24) is 5.32 Å². The van der Waals surface area contributed by atoms with Gasteiger partial charge in [-0.05, 0) is 29.8 Å². The predicted octanol–water partition coefficient (Wildman–Crippen LogP) is 2.76. The Labute approximate surface area is 117 Å². The maximum absolute atomic E-state index is 13.6. The second-order valence-corrected chi connectivity index (χ2v) is 4.29. The molecule has 0 aliphatic rings. The zero-order valence-corrected chi connectivity index (χ0v) is 10.6. The summed E-state index contributed by atoms with van der Waals surface area (Å²) in [5.74, 6) is -4.90. The number of rotatable bonds is 3. The number of hydrogen-bond donors (Lipinski definition) is 2. The van der Waals surface area contributed by atoms with Crippen LogP contribution < -0.4 is 11.1 Å². The van der Waals surface area contributed by atoms with Crippen molar-refractivity contribution < 1.29 is 22.4 Å². The highest BCUT2D eigenvalue weighted by Gasteiger charge is 2.16. The minimum absolute atomic E-state index is 0.175. The van der Waals surface area contributed by atoms with E-state index < -0.39 is 40.4 Å². The molecule has 21 heavy (non-hydrogen) atoms. The number of nitrogens with two attached hydrogens (primary N) is 1. The van der Waals surface area contributed by atoms with E-state index in [2.05, 4.69) is 5.32 Å². The van der Waals surface area contributed by atoms with E-state index in [0.717, 1.165) is 18.2 Å². The van der Waals surface area contributed by atoms with Crippen LogP contribution in [-0.2, 0) is 6.54 Å². The first kappa shape index (κ1) is 14.8. The Kier molecular flexibility index (Phi) is 4.11. The molecule has 0 aliphatic carbocycles. The number of anilines is 1. The number of benzene rings is 2. The molecule has 0 unspecified atom stereocenters. The molecule has 2 aromatic rings. The van der Waals surface area contributed by atoms with E-state index in [4.69, 9.17) is 5.73 Å². The van der Waals surface area contributed by atoms with Gasteiger partial charge in [-0.1, -0.05) is 6.07 Å². The van der Waals surface area contributed by atoms with Crippen LogP contribution in [0.3, 0.4) is 0 Å². The van der Waals surface area contributed by atoms with Crippen LogP contribution in [0.15, 0.2) is 30.3 Å². The smallest absolute Gasteiger partial charge is 0.254 e. The van der Waals surface area contributed by atoms with Crippen LogP contribution in [0, 0.1) is 23.3 Å². The van der Waals surface area contributed by atoms with Gasteiger partial charge in [0.05, 0.1) is 11.3 Å². The number of halogens is 4. The molecule has 0 aliphatic heterocycles. The number of carbonyl (C=O) groups excluding carboxylic acids is 1. The van der Waals surface area contributed by atoms with Crippen LogP contribution in [0.1, 0.15) is 15.9 Å². The monoisotopic (exact) mass is 298 g/mol. The van der Waals surface area contributed by atoms with E-state index in [1.165, 1.54) is 6.07 Å².